The lowest BCUT2D eigenvalue weighted by Gasteiger charge is -2.31. The summed E-state index contributed by atoms with van der Waals surface area (Å²) in [5.41, 5.74) is 1.29. The molecule has 0 aliphatic rings. The van der Waals surface area contributed by atoms with Gasteiger partial charge in [-0.15, -0.1) is 0 Å². The zero-order valence-corrected chi connectivity index (χ0v) is 22.7. The lowest BCUT2D eigenvalue weighted by Crippen LogP contribution is -2.49. The van der Waals surface area contributed by atoms with E-state index in [0.717, 1.165) is 18.2 Å². The maximum atomic E-state index is 13.4. The van der Waals surface area contributed by atoms with Crippen molar-refractivity contribution in [2.75, 3.05) is 23.7 Å². The molecule has 0 saturated heterocycles. The molecule has 2 rings (SSSR count). The predicted molar refractivity (Wildman–Crippen MR) is 142 cm³/mol. The summed E-state index contributed by atoms with van der Waals surface area (Å²) in [4.78, 5) is 27.8. The highest BCUT2D eigenvalue weighted by molar-refractivity contribution is 7.92. The van der Waals surface area contributed by atoms with E-state index in [9.17, 15) is 18.0 Å². The fraction of sp³-hybridized carbons (Fsp3) is 0.440. The monoisotopic (exact) mass is 541 g/mol. The molecule has 192 valence electrons. The third kappa shape index (κ3) is 8.70. The minimum atomic E-state index is -3.52. The van der Waals surface area contributed by atoms with Crippen molar-refractivity contribution in [2.45, 2.75) is 52.1 Å². The molecule has 35 heavy (non-hydrogen) atoms. The van der Waals surface area contributed by atoms with Crippen LogP contribution in [0.3, 0.4) is 0 Å². The Bertz CT molecular complexity index is 1100. The van der Waals surface area contributed by atoms with E-state index in [-0.39, 0.29) is 31.3 Å². The molecular weight excluding hydrogens is 509 g/mol. The van der Waals surface area contributed by atoms with Crippen molar-refractivity contribution in [1.29, 1.82) is 0 Å². The summed E-state index contributed by atoms with van der Waals surface area (Å²) >= 11 is 12.2. The fourth-order valence-electron chi connectivity index (χ4n) is 3.72. The Labute approximate surface area is 218 Å². The van der Waals surface area contributed by atoms with E-state index in [1.807, 2.05) is 19.9 Å². The Hall–Kier alpha value is -2.29. The van der Waals surface area contributed by atoms with Crippen LogP contribution in [0.15, 0.2) is 48.5 Å². The standard InChI is InChI=1S/C25H33Cl2N3O4S/c1-4-15-28-25(32)23(5-2)29(18-19-13-14-21(26)22(27)17-19)24(31)12-9-16-30(35(3,33)34)20-10-7-6-8-11-20/h6-8,10-11,13-14,17,23H,4-5,9,12,15-16,18H2,1-3H3,(H,28,32)/t23-/m0/s1. The largest absolute Gasteiger partial charge is 0.354 e. The van der Waals surface area contributed by atoms with Crippen LogP contribution in [0.2, 0.25) is 10.0 Å². The SMILES string of the molecule is CCCNC(=O)[C@H](CC)N(Cc1ccc(Cl)c(Cl)c1)C(=O)CCCN(c1ccccc1)S(C)(=O)=O. The molecule has 0 aliphatic carbocycles. The van der Waals surface area contributed by atoms with Crippen LogP contribution in [-0.2, 0) is 26.2 Å². The summed E-state index contributed by atoms with van der Waals surface area (Å²) in [5.74, 6) is -0.458. The Balaban J connectivity index is 2.21. The van der Waals surface area contributed by atoms with Gasteiger partial charge in [0, 0.05) is 26.1 Å². The number of para-hydroxylation sites is 1. The number of hydrogen-bond acceptors (Lipinski definition) is 4. The number of nitrogens with zero attached hydrogens (tertiary/aromatic N) is 2. The summed E-state index contributed by atoms with van der Waals surface area (Å²) in [6, 6.07) is 13.2. The van der Waals surface area contributed by atoms with Gasteiger partial charge < -0.3 is 10.2 Å². The molecule has 2 amide bonds. The van der Waals surface area contributed by atoms with Crippen LogP contribution in [0.4, 0.5) is 5.69 Å². The normalized spacial score (nSPS) is 12.1. The second-order valence-corrected chi connectivity index (χ2v) is 11.0. The number of nitrogens with one attached hydrogen (secondary N) is 1. The highest BCUT2D eigenvalue weighted by Gasteiger charge is 2.28. The minimum Gasteiger partial charge on any atom is -0.354 e. The number of carbonyl (C=O) groups is 2. The second kappa shape index (κ2) is 13.7. The molecule has 2 aromatic rings. The summed E-state index contributed by atoms with van der Waals surface area (Å²) in [6.07, 6.45) is 2.73. The smallest absolute Gasteiger partial charge is 0.242 e. The molecule has 0 fully saturated rings. The molecule has 10 heteroatoms. The zero-order chi connectivity index (χ0) is 26.0. The van der Waals surface area contributed by atoms with Crippen molar-refractivity contribution in [3.63, 3.8) is 0 Å². The Morgan fingerprint density at radius 3 is 2.29 bits per heavy atom. The topological polar surface area (TPSA) is 86.8 Å². The molecule has 0 aliphatic heterocycles. The molecule has 1 N–H and O–H groups in total. The Morgan fingerprint density at radius 1 is 1.03 bits per heavy atom. The zero-order valence-electron chi connectivity index (χ0n) is 20.3. The van der Waals surface area contributed by atoms with Gasteiger partial charge in [0.05, 0.1) is 22.0 Å². The fourth-order valence-corrected chi connectivity index (χ4v) is 5.00. The van der Waals surface area contributed by atoms with E-state index in [1.54, 1.807) is 42.5 Å². The van der Waals surface area contributed by atoms with Gasteiger partial charge in [-0.3, -0.25) is 13.9 Å². The molecular formula is C25H33Cl2N3O4S. The number of amides is 2. The third-order valence-electron chi connectivity index (χ3n) is 5.47. The van der Waals surface area contributed by atoms with Gasteiger partial charge >= 0.3 is 0 Å². The van der Waals surface area contributed by atoms with Gasteiger partial charge in [-0.05, 0) is 49.1 Å². The van der Waals surface area contributed by atoms with Crippen molar-refractivity contribution < 1.29 is 18.0 Å². The van der Waals surface area contributed by atoms with E-state index >= 15 is 0 Å². The first-order chi connectivity index (χ1) is 16.6. The molecule has 7 nitrogen and oxygen atoms in total. The lowest BCUT2D eigenvalue weighted by atomic mass is 10.1. The van der Waals surface area contributed by atoms with Crippen molar-refractivity contribution >= 4 is 50.7 Å². The van der Waals surface area contributed by atoms with Crippen molar-refractivity contribution in [1.82, 2.24) is 10.2 Å². The molecule has 0 unspecified atom stereocenters. The molecule has 0 aromatic heterocycles. The first-order valence-corrected chi connectivity index (χ1v) is 14.2. The molecule has 0 heterocycles. The maximum absolute atomic E-state index is 13.4. The van der Waals surface area contributed by atoms with Crippen LogP contribution < -0.4 is 9.62 Å². The molecule has 0 bridgehead atoms. The number of benzene rings is 2. The third-order valence-corrected chi connectivity index (χ3v) is 7.40. The van der Waals surface area contributed by atoms with E-state index < -0.39 is 16.1 Å². The summed E-state index contributed by atoms with van der Waals surface area (Å²) in [7, 11) is -3.52. The molecule has 0 spiro atoms. The Morgan fingerprint density at radius 2 is 1.71 bits per heavy atom. The second-order valence-electron chi connectivity index (χ2n) is 8.26. The van der Waals surface area contributed by atoms with Gasteiger partial charge in [-0.2, -0.15) is 0 Å². The molecule has 2 aromatic carbocycles. The number of halogens is 2. The lowest BCUT2D eigenvalue weighted by molar-refractivity contribution is -0.141. The molecule has 0 radical (unpaired) electrons. The van der Waals surface area contributed by atoms with E-state index in [0.29, 0.717) is 35.1 Å². The minimum absolute atomic E-state index is 0.0811. The van der Waals surface area contributed by atoms with Gasteiger partial charge in [-0.1, -0.05) is 61.3 Å². The van der Waals surface area contributed by atoms with Gasteiger partial charge in [-0.25, -0.2) is 8.42 Å². The van der Waals surface area contributed by atoms with Crippen LogP contribution in [0.25, 0.3) is 0 Å². The van der Waals surface area contributed by atoms with Crippen LogP contribution >= 0.6 is 23.2 Å². The average molecular weight is 543 g/mol. The average Bonchev–Trinajstić information content (AvgIpc) is 2.82. The highest BCUT2D eigenvalue weighted by atomic mass is 35.5. The van der Waals surface area contributed by atoms with Gasteiger partial charge in [0.25, 0.3) is 0 Å². The molecule has 0 saturated carbocycles. The quantitative estimate of drug-likeness (QED) is 0.391. The molecule has 1 atom stereocenters. The first kappa shape index (κ1) is 28.9. The number of hydrogen-bond donors (Lipinski definition) is 1. The van der Waals surface area contributed by atoms with Gasteiger partial charge in [0.2, 0.25) is 21.8 Å². The van der Waals surface area contributed by atoms with Crippen molar-refractivity contribution in [3.8, 4) is 0 Å². The predicted octanol–water partition coefficient (Wildman–Crippen LogP) is 4.87. The number of sulfonamides is 1. The highest BCUT2D eigenvalue weighted by Crippen LogP contribution is 2.25. The summed E-state index contributed by atoms with van der Waals surface area (Å²) < 4.78 is 26.0. The van der Waals surface area contributed by atoms with E-state index in [2.05, 4.69) is 5.32 Å². The van der Waals surface area contributed by atoms with Crippen LogP contribution in [-0.4, -0.2) is 50.5 Å². The first-order valence-electron chi connectivity index (χ1n) is 11.6. The summed E-state index contributed by atoms with van der Waals surface area (Å²) in [6.45, 7) is 4.66. The van der Waals surface area contributed by atoms with Crippen molar-refractivity contribution in [3.05, 3.63) is 64.1 Å². The van der Waals surface area contributed by atoms with Crippen LogP contribution in [0, 0.1) is 0 Å². The number of rotatable bonds is 13. The van der Waals surface area contributed by atoms with Crippen molar-refractivity contribution in [2.24, 2.45) is 0 Å². The number of anilines is 1. The van der Waals surface area contributed by atoms with E-state index in [1.165, 1.54) is 9.21 Å². The van der Waals surface area contributed by atoms with Crippen LogP contribution in [0.1, 0.15) is 45.1 Å². The Kier molecular flexibility index (Phi) is 11.3. The number of carbonyl (C=O) groups excluding carboxylic acids is 2. The summed E-state index contributed by atoms with van der Waals surface area (Å²) in [5, 5.41) is 3.65. The van der Waals surface area contributed by atoms with Gasteiger partial charge in [0.15, 0.2) is 0 Å². The maximum Gasteiger partial charge on any atom is 0.242 e. The van der Waals surface area contributed by atoms with E-state index in [4.69, 9.17) is 23.2 Å². The van der Waals surface area contributed by atoms with Crippen LogP contribution in [0.5, 0.6) is 0 Å². The van der Waals surface area contributed by atoms with Gasteiger partial charge in [0.1, 0.15) is 6.04 Å².